The Kier molecular flexibility index (Phi) is 5.50. The van der Waals surface area contributed by atoms with Crippen molar-refractivity contribution >= 4 is 11.8 Å². The molecule has 1 aromatic rings. The zero-order chi connectivity index (χ0) is 19.6. The summed E-state index contributed by atoms with van der Waals surface area (Å²) in [6.45, 7) is 0.564. The second-order valence-corrected chi connectivity index (χ2v) is 5.53. The van der Waals surface area contributed by atoms with Crippen LogP contribution in [0.5, 0.6) is 0 Å². The van der Waals surface area contributed by atoms with E-state index in [1.54, 1.807) is 0 Å². The third-order valence-corrected chi connectivity index (χ3v) is 3.95. The topological polar surface area (TPSA) is 75.6 Å². The monoisotopic (exact) mass is 373 g/mol. The summed E-state index contributed by atoms with van der Waals surface area (Å²) in [6, 6.07) is 2.21. The van der Waals surface area contributed by atoms with Gasteiger partial charge in [0, 0.05) is 23.4 Å². The van der Waals surface area contributed by atoms with Crippen LogP contribution in [0.2, 0.25) is 0 Å². The molecule has 5 nitrogen and oxygen atoms in total. The van der Waals surface area contributed by atoms with Gasteiger partial charge >= 0.3 is 12.1 Å². The second kappa shape index (κ2) is 7.28. The van der Waals surface area contributed by atoms with Crippen LogP contribution in [0.15, 0.2) is 41.2 Å². The molecular formula is C17H15F4NO4. The van der Waals surface area contributed by atoms with Gasteiger partial charge in [0.1, 0.15) is 12.4 Å². The largest absolute Gasteiger partial charge is 0.466 e. The summed E-state index contributed by atoms with van der Waals surface area (Å²) in [6.07, 6.45) is -3.76. The Bertz CT molecular complexity index is 811. The molecule has 0 saturated carbocycles. The van der Waals surface area contributed by atoms with Crippen LogP contribution in [0, 0.1) is 5.82 Å². The van der Waals surface area contributed by atoms with Crippen LogP contribution in [-0.4, -0.2) is 30.6 Å². The molecule has 0 saturated heterocycles. The minimum absolute atomic E-state index is 0.105. The maximum atomic E-state index is 13.6. The quantitative estimate of drug-likeness (QED) is 0.626. The number of dihydropyridines is 1. The van der Waals surface area contributed by atoms with E-state index in [1.807, 2.05) is 0 Å². The molecule has 26 heavy (non-hydrogen) atoms. The Hall–Kier alpha value is -2.68. The third kappa shape index (κ3) is 3.62. The van der Waals surface area contributed by atoms with Crippen LogP contribution in [0.3, 0.4) is 0 Å². The summed E-state index contributed by atoms with van der Waals surface area (Å²) in [5.41, 5.74) is -1.64. The summed E-state index contributed by atoms with van der Waals surface area (Å²) in [7, 11) is 1.08. The number of esters is 1. The number of nitrogens with one attached hydrogen (secondary N) is 1. The molecule has 0 aromatic heterocycles. The maximum absolute atomic E-state index is 13.6. The molecular weight excluding hydrogens is 358 g/mol. The maximum Gasteiger partial charge on any atom is 0.419 e. The highest BCUT2D eigenvalue weighted by atomic mass is 19.4. The summed E-state index contributed by atoms with van der Waals surface area (Å²) >= 11 is 0. The number of benzene rings is 1. The minimum Gasteiger partial charge on any atom is -0.466 e. The zero-order valence-corrected chi connectivity index (χ0v) is 13.8. The van der Waals surface area contributed by atoms with E-state index in [-0.39, 0.29) is 22.4 Å². The number of halogens is 4. The summed E-state index contributed by atoms with van der Waals surface area (Å²) < 4.78 is 57.4. The number of hydrogen-bond donors (Lipinski definition) is 2. The van der Waals surface area contributed by atoms with E-state index in [1.165, 1.54) is 13.1 Å². The smallest absolute Gasteiger partial charge is 0.419 e. The van der Waals surface area contributed by atoms with Gasteiger partial charge in [-0.05, 0) is 24.6 Å². The van der Waals surface area contributed by atoms with Crippen LogP contribution >= 0.6 is 0 Å². The molecule has 2 N–H and O–H groups in total. The number of carbonyl (C=O) groups is 2. The van der Waals surface area contributed by atoms with Gasteiger partial charge in [0.05, 0.1) is 18.2 Å². The second-order valence-electron chi connectivity index (χ2n) is 5.53. The van der Waals surface area contributed by atoms with Crippen LogP contribution < -0.4 is 5.32 Å². The predicted molar refractivity (Wildman–Crippen MR) is 82.2 cm³/mol. The number of ether oxygens (including phenoxy) is 1. The van der Waals surface area contributed by atoms with Crippen LogP contribution in [-0.2, 0) is 20.5 Å². The molecule has 0 amide bonds. The van der Waals surface area contributed by atoms with Gasteiger partial charge in [-0.1, -0.05) is 6.07 Å². The van der Waals surface area contributed by atoms with E-state index in [4.69, 9.17) is 5.11 Å². The van der Waals surface area contributed by atoms with Crippen molar-refractivity contribution in [3.63, 3.8) is 0 Å². The lowest BCUT2D eigenvalue weighted by atomic mass is 9.80. The molecule has 1 aliphatic rings. The molecule has 1 atom stereocenters. The fourth-order valence-electron chi connectivity index (χ4n) is 2.72. The van der Waals surface area contributed by atoms with Gasteiger partial charge in [-0.15, -0.1) is 0 Å². The van der Waals surface area contributed by atoms with Crippen molar-refractivity contribution in [1.82, 2.24) is 5.32 Å². The van der Waals surface area contributed by atoms with Crippen molar-refractivity contribution < 1.29 is 37.0 Å². The Morgan fingerprint density at radius 2 is 1.96 bits per heavy atom. The van der Waals surface area contributed by atoms with Gasteiger partial charge in [0.2, 0.25) is 0 Å². The van der Waals surface area contributed by atoms with E-state index in [9.17, 15) is 27.2 Å². The number of carbonyl (C=O) groups excluding carboxylic acids is 2. The molecule has 0 aliphatic carbocycles. The van der Waals surface area contributed by atoms with Crippen molar-refractivity contribution in [3.05, 3.63) is 58.2 Å². The molecule has 0 fully saturated rings. The van der Waals surface area contributed by atoms with E-state index in [0.29, 0.717) is 12.1 Å². The molecule has 9 heteroatoms. The third-order valence-electron chi connectivity index (χ3n) is 3.95. The van der Waals surface area contributed by atoms with E-state index >= 15 is 0 Å². The molecule has 2 rings (SSSR count). The molecule has 0 spiro atoms. The molecule has 1 aromatic carbocycles. The molecule has 140 valence electrons. The minimum atomic E-state index is -4.96. The van der Waals surface area contributed by atoms with Crippen LogP contribution in [0.4, 0.5) is 17.6 Å². The Morgan fingerprint density at radius 3 is 2.50 bits per heavy atom. The first-order valence-corrected chi connectivity index (χ1v) is 7.38. The summed E-state index contributed by atoms with van der Waals surface area (Å²) in [4.78, 5) is 24.2. The molecule has 1 unspecified atom stereocenters. The van der Waals surface area contributed by atoms with Gasteiger partial charge < -0.3 is 15.2 Å². The Labute approximate surface area is 146 Å². The zero-order valence-electron chi connectivity index (χ0n) is 13.8. The van der Waals surface area contributed by atoms with Gasteiger partial charge in [-0.3, -0.25) is 4.79 Å². The lowest BCUT2D eigenvalue weighted by Gasteiger charge is -2.28. The standard InChI is InChI=1S/C17H15F4NO4/c1-8-14(16(25)26-2)15(10(6-22-8)13(24)7-23)9-3-4-12(18)11(5-9)17(19,20)21/h3-6,15,22-23H,7H2,1-2H3. The van der Waals surface area contributed by atoms with E-state index in [0.717, 1.165) is 13.2 Å². The van der Waals surface area contributed by atoms with E-state index < -0.39 is 41.8 Å². The number of rotatable bonds is 4. The first-order valence-electron chi connectivity index (χ1n) is 7.38. The first kappa shape index (κ1) is 19.6. The lowest BCUT2D eigenvalue weighted by molar-refractivity contribution is -0.140. The summed E-state index contributed by atoms with van der Waals surface area (Å²) in [5, 5.41) is 11.8. The number of aliphatic hydroxyl groups is 1. The van der Waals surface area contributed by atoms with Crippen LogP contribution in [0.1, 0.15) is 24.0 Å². The molecule has 1 aliphatic heterocycles. The van der Waals surface area contributed by atoms with Crippen molar-refractivity contribution in [2.75, 3.05) is 13.7 Å². The number of aliphatic hydroxyl groups excluding tert-OH is 1. The number of methoxy groups -OCH3 is 1. The lowest BCUT2D eigenvalue weighted by Crippen LogP contribution is -2.29. The Morgan fingerprint density at radius 1 is 1.31 bits per heavy atom. The number of hydrogen-bond acceptors (Lipinski definition) is 5. The predicted octanol–water partition coefficient (Wildman–Crippen LogP) is 2.42. The highest BCUT2D eigenvalue weighted by molar-refractivity contribution is 6.03. The molecule has 1 heterocycles. The van der Waals surface area contributed by atoms with Gasteiger partial charge in [0.15, 0.2) is 5.78 Å². The van der Waals surface area contributed by atoms with Crippen molar-refractivity contribution in [2.45, 2.75) is 19.0 Å². The first-order chi connectivity index (χ1) is 12.1. The fourth-order valence-corrected chi connectivity index (χ4v) is 2.72. The average molecular weight is 373 g/mol. The highest BCUT2D eigenvalue weighted by Crippen LogP contribution is 2.40. The number of ketones is 1. The normalized spacial score (nSPS) is 17.5. The van der Waals surface area contributed by atoms with Crippen LogP contribution in [0.25, 0.3) is 0 Å². The van der Waals surface area contributed by atoms with Gasteiger partial charge in [-0.2, -0.15) is 13.2 Å². The highest BCUT2D eigenvalue weighted by Gasteiger charge is 2.38. The van der Waals surface area contributed by atoms with Crippen molar-refractivity contribution in [3.8, 4) is 0 Å². The van der Waals surface area contributed by atoms with Crippen molar-refractivity contribution in [2.24, 2.45) is 0 Å². The molecule has 0 bridgehead atoms. The SMILES string of the molecule is COC(=O)C1=C(C)NC=C(C(=O)CO)C1c1ccc(F)c(C(F)(F)F)c1. The van der Waals surface area contributed by atoms with E-state index in [2.05, 4.69) is 10.1 Å². The van der Waals surface area contributed by atoms with Gasteiger partial charge in [0.25, 0.3) is 0 Å². The Balaban J connectivity index is 2.70. The molecule has 0 radical (unpaired) electrons. The summed E-state index contributed by atoms with van der Waals surface area (Å²) in [5.74, 6) is -4.39. The average Bonchev–Trinajstić information content (AvgIpc) is 2.59. The fraction of sp³-hybridized carbons (Fsp3) is 0.294. The number of alkyl halides is 3. The number of allylic oxidation sites excluding steroid dienone is 1. The van der Waals surface area contributed by atoms with Crippen molar-refractivity contribution in [1.29, 1.82) is 0 Å². The van der Waals surface area contributed by atoms with Gasteiger partial charge in [-0.25, -0.2) is 9.18 Å². The number of Topliss-reactive ketones (excluding diaryl/α,β-unsaturated/α-hetero) is 1.